The van der Waals surface area contributed by atoms with Crippen molar-refractivity contribution in [3.63, 3.8) is 0 Å². The molecule has 152 valence electrons. The van der Waals surface area contributed by atoms with Crippen LogP contribution in [0.3, 0.4) is 0 Å². The maximum Gasteiger partial charge on any atom is 0.224 e. The smallest absolute Gasteiger partial charge is 0.224 e. The highest BCUT2D eigenvalue weighted by atomic mass is 19.1. The van der Waals surface area contributed by atoms with E-state index in [0.29, 0.717) is 17.4 Å². The lowest BCUT2D eigenvalue weighted by molar-refractivity contribution is -0.116. The number of H-pyrrole nitrogens is 1. The number of oxazole rings is 1. The molecule has 1 amide bonds. The van der Waals surface area contributed by atoms with Gasteiger partial charge in [-0.05, 0) is 43.3 Å². The highest BCUT2D eigenvalue weighted by Crippen LogP contribution is 2.24. The number of anilines is 1. The molecule has 0 spiro atoms. The quantitative estimate of drug-likeness (QED) is 0.495. The van der Waals surface area contributed by atoms with Crippen molar-refractivity contribution in [2.45, 2.75) is 19.8 Å². The van der Waals surface area contributed by atoms with Gasteiger partial charge in [-0.2, -0.15) is 5.10 Å². The minimum atomic E-state index is -0.737. The van der Waals surface area contributed by atoms with Gasteiger partial charge < -0.3 is 9.73 Å². The van der Waals surface area contributed by atoms with Crippen LogP contribution in [0.2, 0.25) is 0 Å². The Kier molecular flexibility index (Phi) is 5.34. The highest BCUT2D eigenvalue weighted by molar-refractivity contribution is 5.91. The molecule has 2 N–H and O–H groups in total. The van der Waals surface area contributed by atoms with Gasteiger partial charge in [0.1, 0.15) is 17.5 Å². The number of aromatic amines is 1. The number of benzene rings is 2. The van der Waals surface area contributed by atoms with Gasteiger partial charge in [0, 0.05) is 30.2 Å². The maximum absolute atomic E-state index is 13.8. The van der Waals surface area contributed by atoms with Gasteiger partial charge in [0.2, 0.25) is 5.91 Å². The molecule has 0 aliphatic heterocycles. The summed E-state index contributed by atoms with van der Waals surface area (Å²) >= 11 is 0. The average Bonchev–Trinajstić information content (AvgIpc) is 3.36. The highest BCUT2D eigenvalue weighted by Gasteiger charge is 2.13. The van der Waals surface area contributed by atoms with Crippen LogP contribution in [0.1, 0.15) is 18.1 Å². The SMILES string of the molecule is Cc1nc(-c2ccc(NC(=O)CCc3ncc(-c4ccc(F)cc4F)o3)cc2)n[nH]1. The zero-order valence-corrected chi connectivity index (χ0v) is 15.9. The van der Waals surface area contributed by atoms with Crippen molar-refractivity contribution in [1.29, 1.82) is 0 Å². The first-order valence-electron chi connectivity index (χ1n) is 9.17. The summed E-state index contributed by atoms with van der Waals surface area (Å²) in [7, 11) is 0. The molecule has 2 aromatic heterocycles. The zero-order valence-electron chi connectivity index (χ0n) is 15.9. The lowest BCUT2D eigenvalue weighted by atomic mass is 10.2. The second-order valence-corrected chi connectivity index (χ2v) is 6.61. The maximum atomic E-state index is 13.8. The molecule has 0 unspecified atom stereocenters. The van der Waals surface area contributed by atoms with E-state index in [1.807, 2.05) is 19.1 Å². The van der Waals surface area contributed by atoms with Gasteiger partial charge in [0.25, 0.3) is 0 Å². The van der Waals surface area contributed by atoms with Crippen LogP contribution < -0.4 is 5.32 Å². The normalized spacial score (nSPS) is 10.9. The van der Waals surface area contributed by atoms with Crippen LogP contribution >= 0.6 is 0 Å². The molecular formula is C21H17F2N5O2. The first kappa shape index (κ1) is 19.4. The fourth-order valence-electron chi connectivity index (χ4n) is 2.86. The third kappa shape index (κ3) is 4.40. The van der Waals surface area contributed by atoms with Gasteiger partial charge in [-0.1, -0.05) is 0 Å². The third-order valence-corrected chi connectivity index (χ3v) is 4.34. The van der Waals surface area contributed by atoms with Crippen LogP contribution in [0.25, 0.3) is 22.7 Å². The lowest BCUT2D eigenvalue weighted by Crippen LogP contribution is -2.12. The van der Waals surface area contributed by atoms with Crippen molar-refractivity contribution < 1.29 is 18.0 Å². The molecule has 0 fully saturated rings. The van der Waals surface area contributed by atoms with E-state index in [1.165, 1.54) is 12.3 Å². The lowest BCUT2D eigenvalue weighted by Gasteiger charge is -2.05. The van der Waals surface area contributed by atoms with E-state index in [-0.39, 0.29) is 30.1 Å². The number of amides is 1. The first-order valence-corrected chi connectivity index (χ1v) is 9.17. The summed E-state index contributed by atoms with van der Waals surface area (Å²) in [6.07, 6.45) is 1.73. The van der Waals surface area contributed by atoms with Crippen molar-refractivity contribution in [2.24, 2.45) is 0 Å². The molecule has 30 heavy (non-hydrogen) atoms. The van der Waals surface area contributed by atoms with Gasteiger partial charge >= 0.3 is 0 Å². The summed E-state index contributed by atoms with van der Waals surface area (Å²) in [6.45, 7) is 1.82. The summed E-state index contributed by atoms with van der Waals surface area (Å²) in [5.74, 6) is 0.154. The zero-order chi connectivity index (χ0) is 21.1. The minimum absolute atomic E-state index is 0.112. The molecule has 0 aliphatic rings. The van der Waals surface area contributed by atoms with Crippen molar-refractivity contribution in [1.82, 2.24) is 20.2 Å². The largest absolute Gasteiger partial charge is 0.441 e. The van der Waals surface area contributed by atoms with Gasteiger partial charge in [0.05, 0.1) is 11.8 Å². The van der Waals surface area contributed by atoms with E-state index in [0.717, 1.165) is 23.5 Å². The van der Waals surface area contributed by atoms with E-state index in [1.54, 1.807) is 12.1 Å². The topological polar surface area (TPSA) is 96.7 Å². The molecule has 0 radical (unpaired) electrons. The predicted molar refractivity (Wildman–Crippen MR) is 105 cm³/mol. The van der Waals surface area contributed by atoms with E-state index in [9.17, 15) is 13.6 Å². The first-order chi connectivity index (χ1) is 14.5. The number of hydrogen-bond acceptors (Lipinski definition) is 5. The summed E-state index contributed by atoms with van der Waals surface area (Å²) in [6, 6.07) is 10.4. The molecule has 9 heteroatoms. The van der Waals surface area contributed by atoms with Crippen LogP contribution in [0, 0.1) is 18.6 Å². The van der Waals surface area contributed by atoms with E-state index >= 15 is 0 Å². The van der Waals surface area contributed by atoms with Gasteiger partial charge in [-0.25, -0.2) is 18.7 Å². The van der Waals surface area contributed by atoms with Crippen molar-refractivity contribution in [3.05, 3.63) is 72.0 Å². The molecule has 4 rings (SSSR count). The number of nitrogens with one attached hydrogen (secondary N) is 2. The molecule has 2 heterocycles. The van der Waals surface area contributed by atoms with Gasteiger partial charge in [-0.3, -0.25) is 9.89 Å². The minimum Gasteiger partial charge on any atom is -0.441 e. The van der Waals surface area contributed by atoms with Crippen LogP contribution in [-0.2, 0) is 11.2 Å². The number of carbonyl (C=O) groups is 1. The van der Waals surface area contributed by atoms with Crippen LogP contribution in [-0.4, -0.2) is 26.1 Å². The number of carbonyl (C=O) groups excluding carboxylic acids is 1. The second-order valence-electron chi connectivity index (χ2n) is 6.61. The van der Waals surface area contributed by atoms with Crippen LogP contribution in [0.4, 0.5) is 14.5 Å². The third-order valence-electron chi connectivity index (χ3n) is 4.34. The van der Waals surface area contributed by atoms with Gasteiger partial charge in [-0.15, -0.1) is 0 Å². The Morgan fingerprint density at radius 3 is 2.67 bits per heavy atom. The molecule has 0 bridgehead atoms. The second kappa shape index (κ2) is 8.24. The Morgan fingerprint density at radius 1 is 1.17 bits per heavy atom. The predicted octanol–water partition coefficient (Wildman–Crippen LogP) is 4.28. The average molecular weight is 409 g/mol. The van der Waals surface area contributed by atoms with Crippen molar-refractivity contribution in [3.8, 4) is 22.7 Å². The summed E-state index contributed by atoms with van der Waals surface area (Å²) in [5.41, 5.74) is 1.58. The van der Waals surface area contributed by atoms with Crippen LogP contribution in [0.5, 0.6) is 0 Å². The fraction of sp³-hybridized carbons (Fsp3) is 0.143. The molecule has 0 atom stereocenters. The summed E-state index contributed by atoms with van der Waals surface area (Å²) in [5, 5.41) is 9.66. The Balaban J connectivity index is 1.33. The molecule has 0 saturated carbocycles. The Morgan fingerprint density at radius 2 is 1.97 bits per heavy atom. The molecular weight excluding hydrogens is 392 g/mol. The van der Waals surface area contributed by atoms with Crippen molar-refractivity contribution >= 4 is 11.6 Å². The summed E-state index contributed by atoms with van der Waals surface area (Å²) in [4.78, 5) is 20.5. The van der Waals surface area contributed by atoms with E-state index in [2.05, 4.69) is 25.5 Å². The number of halogens is 2. The number of aromatic nitrogens is 4. The fourth-order valence-corrected chi connectivity index (χ4v) is 2.86. The number of aryl methyl sites for hydroxylation is 2. The Labute approximate surface area is 170 Å². The molecule has 7 nitrogen and oxygen atoms in total. The Hall–Kier alpha value is -3.88. The van der Waals surface area contributed by atoms with Crippen molar-refractivity contribution in [2.75, 3.05) is 5.32 Å². The van der Waals surface area contributed by atoms with E-state index in [4.69, 9.17) is 4.42 Å². The van der Waals surface area contributed by atoms with Gasteiger partial charge in [0.15, 0.2) is 17.5 Å². The molecule has 4 aromatic rings. The van der Waals surface area contributed by atoms with E-state index < -0.39 is 11.6 Å². The molecule has 0 aliphatic carbocycles. The number of hydrogen-bond donors (Lipinski definition) is 2. The standard InChI is InChI=1S/C21H17F2N5O2/c1-12-25-21(28-27-12)13-2-5-15(6-3-13)26-19(29)8-9-20-24-11-18(30-20)16-7-4-14(22)10-17(16)23/h2-7,10-11H,8-9H2,1H3,(H,26,29)(H,25,27,28). The monoisotopic (exact) mass is 409 g/mol. The Bertz CT molecular complexity index is 1180. The molecule has 2 aromatic carbocycles. The molecule has 0 saturated heterocycles. The number of rotatable bonds is 6. The van der Waals surface area contributed by atoms with Crippen LogP contribution in [0.15, 0.2) is 53.1 Å². The number of nitrogens with zero attached hydrogens (tertiary/aromatic N) is 3. The summed E-state index contributed by atoms with van der Waals surface area (Å²) < 4.78 is 32.4.